The van der Waals surface area contributed by atoms with E-state index in [-0.39, 0.29) is 24.8 Å². The second kappa shape index (κ2) is 8.38. The minimum absolute atomic E-state index is 0.0165. The summed E-state index contributed by atoms with van der Waals surface area (Å²) >= 11 is 0. The van der Waals surface area contributed by atoms with Gasteiger partial charge in [0.25, 0.3) is 5.91 Å². The minimum atomic E-state index is -3.21. The van der Waals surface area contributed by atoms with Crippen molar-refractivity contribution in [2.24, 2.45) is 0 Å². The molecule has 0 aliphatic carbocycles. The highest BCUT2D eigenvalue weighted by Crippen LogP contribution is 2.71. The van der Waals surface area contributed by atoms with Crippen molar-refractivity contribution in [1.29, 1.82) is 0 Å². The molecule has 3 aromatic rings. The van der Waals surface area contributed by atoms with Crippen LogP contribution >= 0.6 is 7.79 Å². The molecule has 1 unspecified atom stereocenters. The molecule has 162 valence electrons. The van der Waals surface area contributed by atoms with Crippen molar-refractivity contribution in [3.8, 4) is 0 Å². The number of carbonyl (C=O) groups excluding carboxylic acids is 2. The van der Waals surface area contributed by atoms with Crippen molar-refractivity contribution in [2.45, 2.75) is 18.6 Å². The van der Waals surface area contributed by atoms with E-state index in [1.54, 1.807) is 0 Å². The molecule has 2 aliphatic heterocycles. The standard InChI is InChI=1S/C25H25N3O3P/c29-24-18-23(25(30)26(24)19-20-10-4-1-5-11-20)32(31)27(21-12-6-2-7-13-21)16-17-28(32)22-14-8-3-9-15-22/h1-15,23,31H,16-19H2/q+1. The SMILES string of the molecule is O=C1CC([P+]2(O)N(c3ccccc3)CCN2c2ccccc2)C(=O)N1Cc1ccccc1. The van der Waals surface area contributed by atoms with Gasteiger partial charge in [-0.2, -0.15) is 0 Å². The summed E-state index contributed by atoms with van der Waals surface area (Å²) < 4.78 is 3.92. The molecule has 2 saturated heterocycles. The number of hydrogen-bond donors (Lipinski definition) is 1. The van der Waals surface area contributed by atoms with E-state index in [2.05, 4.69) is 0 Å². The summed E-state index contributed by atoms with van der Waals surface area (Å²) in [5.41, 5.74) is 1.83. The molecule has 0 saturated carbocycles. The number of para-hydroxylation sites is 2. The Bertz CT molecular complexity index is 1060. The second-order valence-electron chi connectivity index (χ2n) is 8.06. The topological polar surface area (TPSA) is 64.1 Å². The molecule has 7 heteroatoms. The molecular weight excluding hydrogens is 421 g/mol. The maximum absolute atomic E-state index is 13.6. The lowest BCUT2D eigenvalue weighted by atomic mass is 10.2. The Morgan fingerprint density at radius 2 is 1.22 bits per heavy atom. The molecule has 0 bridgehead atoms. The van der Waals surface area contributed by atoms with Gasteiger partial charge in [-0.25, -0.2) is 14.2 Å². The van der Waals surface area contributed by atoms with E-state index in [9.17, 15) is 14.5 Å². The summed E-state index contributed by atoms with van der Waals surface area (Å²) in [5.74, 6) is -0.524. The second-order valence-corrected chi connectivity index (χ2v) is 10.9. The molecule has 3 aromatic carbocycles. The molecule has 2 aliphatic rings. The van der Waals surface area contributed by atoms with Crippen molar-refractivity contribution < 1.29 is 14.5 Å². The van der Waals surface area contributed by atoms with Crippen LogP contribution in [0.1, 0.15) is 12.0 Å². The van der Waals surface area contributed by atoms with Gasteiger partial charge in [0.05, 0.1) is 37.4 Å². The number of carbonyl (C=O) groups is 2. The van der Waals surface area contributed by atoms with Crippen molar-refractivity contribution in [1.82, 2.24) is 4.90 Å². The first-order valence-corrected chi connectivity index (χ1v) is 12.5. The molecule has 6 nitrogen and oxygen atoms in total. The maximum atomic E-state index is 13.6. The highest BCUT2D eigenvalue weighted by atomic mass is 31.2. The smallest absolute Gasteiger partial charge is 0.274 e. The summed E-state index contributed by atoms with van der Waals surface area (Å²) in [6, 6.07) is 28.8. The van der Waals surface area contributed by atoms with Gasteiger partial charge in [-0.1, -0.05) is 66.7 Å². The van der Waals surface area contributed by atoms with Gasteiger partial charge in [-0.3, -0.25) is 14.5 Å². The number of likely N-dealkylation sites (tertiary alicyclic amines) is 1. The van der Waals surface area contributed by atoms with E-state index in [4.69, 9.17) is 0 Å². The number of rotatable bonds is 5. The zero-order valence-electron chi connectivity index (χ0n) is 17.6. The molecular formula is C25H25N3O3P+. The van der Waals surface area contributed by atoms with Crippen LogP contribution < -0.4 is 9.34 Å². The minimum Gasteiger partial charge on any atom is -0.274 e. The van der Waals surface area contributed by atoms with Crippen molar-refractivity contribution in [3.05, 3.63) is 96.6 Å². The fraction of sp³-hybridized carbons (Fsp3) is 0.200. The van der Waals surface area contributed by atoms with E-state index >= 15 is 0 Å². The van der Waals surface area contributed by atoms with Crippen LogP contribution in [0.25, 0.3) is 0 Å². The van der Waals surface area contributed by atoms with Crippen LogP contribution in [0, 0.1) is 0 Å². The highest BCUT2D eigenvalue weighted by molar-refractivity contribution is 7.75. The molecule has 2 fully saturated rings. The zero-order chi connectivity index (χ0) is 22.1. The summed E-state index contributed by atoms with van der Waals surface area (Å²) in [6.45, 7) is 1.39. The van der Waals surface area contributed by atoms with Gasteiger partial charge in [-0.05, 0) is 29.8 Å². The molecule has 2 heterocycles. The number of hydrogen-bond acceptors (Lipinski definition) is 5. The Labute approximate surface area is 188 Å². The van der Waals surface area contributed by atoms with Gasteiger partial charge < -0.3 is 0 Å². The van der Waals surface area contributed by atoms with Crippen molar-refractivity contribution in [2.75, 3.05) is 22.4 Å². The third-order valence-electron chi connectivity index (χ3n) is 6.16. The summed E-state index contributed by atoms with van der Waals surface area (Å²) in [7, 11) is -3.21. The summed E-state index contributed by atoms with van der Waals surface area (Å²) in [5, 5.41) is 0. The maximum Gasteiger partial charge on any atom is 0.344 e. The quantitative estimate of drug-likeness (QED) is 0.472. The first kappa shape index (κ1) is 20.7. The number of anilines is 2. The molecule has 2 amide bonds. The largest absolute Gasteiger partial charge is 0.344 e. The van der Waals surface area contributed by atoms with Gasteiger partial charge >= 0.3 is 7.79 Å². The van der Waals surface area contributed by atoms with Gasteiger partial charge in [-0.15, -0.1) is 0 Å². The van der Waals surface area contributed by atoms with Gasteiger partial charge in [0, 0.05) is 0 Å². The van der Waals surface area contributed by atoms with E-state index in [0.29, 0.717) is 13.1 Å². The molecule has 5 rings (SSSR count). The lowest BCUT2D eigenvalue weighted by molar-refractivity contribution is -0.138. The Balaban J connectivity index is 1.53. The van der Waals surface area contributed by atoms with Crippen LogP contribution in [0.5, 0.6) is 0 Å². The van der Waals surface area contributed by atoms with Crippen LogP contribution in [0.3, 0.4) is 0 Å². The number of amides is 2. The Morgan fingerprint density at radius 3 is 1.72 bits per heavy atom. The molecule has 0 aromatic heterocycles. The number of benzene rings is 3. The fourth-order valence-electron chi connectivity index (χ4n) is 4.62. The lowest BCUT2D eigenvalue weighted by Gasteiger charge is -2.34. The Kier molecular flexibility index (Phi) is 5.41. The molecule has 0 radical (unpaired) electrons. The van der Waals surface area contributed by atoms with Gasteiger partial charge in [0.2, 0.25) is 11.6 Å². The zero-order valence-corrected chi connectivity index (χ0v) is 18.5. The van der Waals surface area contributed by atoms with Crippen LogP contribution in [-0.4, -0.2) is 40.4 Å². The predicted octanol–water partition coefficient (Wildman–Crippen LogP) is 4.10. The molecule has 32 heavy (non-hydrogen) atoms. The van der Waals surface area contributed by atoms with Gasteiger partial charge in [0.1, 0.15) is 0 Å². The van der Waals surface area contributed by atoms with E-state index in [1.807, 2.05) is 100 Å². The molecule has 1 atom stereocenters. The number of nitrogens with zero attached hydrogens (tertiary/aromatic N) is 3. The normalized spacial score (nSPS) is 20.3. The van der Waals surface area contributed by atoms with E-state index in [1.165, 1.54) is 4.90 Å². The van der Waals surface area contributed by atoms with Gasteiger partial charge in [0.15, 0.2) is 0 Å². The Morgan fingerprint density at radius 1 is 0.750 bits per heavy atom. The van der Waals surface area contributed by atoms with Crippen molar-refractivity contribution in [3.63, 3.8) is 0 Å². The third kappa shape index (κ3) is 3.46. The molecule has 0 spiro atoms. The van der Waals surface area contributed by atoms with Crippen molar-refractivity contribution >= 4 is 31.0 Å². The summed E-state index contributed by atoms with van der Waals surface area (Å²) in [6.07, 6.45) is 0.0165. The average Bonchev–Trinajstić information content (AvgIpc) is 3.33. The monoisotopic (exact) mass is 446 g/mol. The van der Waals surface area contributed by atoms with Crippen LogP contribution in [0.15, 0.2) is 91.0 Å². The van der Waals surface area contributed by atoms with Crippen LogP contribution in [0.2, 0.25) is 0 Å². The van der Waals surface area contributed by atoms with Crippen LogP contribution in [-0.2, 0) is 16.1 Å². The fourth-order valence-corrected chi connectivity index (χ4v) is 8.10. The summed E-state index contributed by atoms with van der Waals surface area (Å²) in [4.78, 5) is 40.2. The average molecular weight is 446 g/mol. The van der Waals surface area contributed by atoms with E-state index in [0.717, 1.165) is 16.9 Å². The predicted molar refractivity (Wildman–Crippen MR) is 127 cm³/mol. The third-order valence-corrected chi connectivity index (χ3v) is 9.69. The Hall–Kier alpha value is -3.21. The lowest BCUT2D eigenvalue weighted by Crippen LogP contribution is -2.39. The highest BCUT2D eigenvalue weighted by Gasteiger charge is 2.67. The molecule has 1 N–H and O–H groups in total. The first-order valence-electron chi connectivity index (χ1n) is 10.7. The van der Waals surface area contributed by atoms with Crippen LogP contribution in [0.4, 0.5) is 11.4 Å². The van der Waals surface area contributed by atoms with E-state index < -0.39 is 13.4 Å². The first-order chi connectivity index (χ1) is 15.6. The number of imide groups is 1.